The summed E-state index contributed by atoms with van der Waals surface area (Å²) in [5, 5.41) is 6.66. The van der Waals surface area contributed by atoms with Gasteiger partial charge in [0, 0.05) is 45.2 Å². The molecule has 3 heterocycles. The third kappa shape index (κ3) is 4.33. The van der Waals surface area contributed by atoms with E-state index in [-0.39, 0.29) is 0 Å². The smallest absolute Gasteiger partial charge is 0.164 e. The summed E-state index contributed by atoms with van der Waals surface area (Å²) in [5.74, 6) is 1.93. The molecule has 5 heteroatoms. The number of benzene rings is 6. The van der Waals surface area contributed by atoms with Gasteiger partial charge in [0.1, 0.15) is 11.2 Å². The molecule has 0 saturated carbocycles. The molecule has 0 radical (unpaired) electrons. The molecule has 0 N–H and O–H groups in total. The van der Waals surface area contributed by atoms with Crippen molar-refractivity contribution in [2.45, 2.75) is 0 Å². The van der Waals surface area contributed by atoms with Crippen molar-refractivity contribution in [1.82, 2.24) is 19.9 Å². The molecule has 5 nitrogen and oxygen atoms in total. The highest BCUT2D eigenvalue weighted by Gasteiger charge is 2.17. The number of aromatic nitrogens is 4. The molecular formula is C40H24N4O. The highest BCUT2D eigenvalue weighted by Crippen LogP contribution is 2.41. The van der Waals surface area contributed by atoms with Crippen LogP contribution in [0, 0.1) is 0 Å². The molecule has 0 saturated heterocycles. The molecular weight excluding hydrogens is 552 g/mol. The predicted molar refractivity (Wildman–Crippen MR) is 182 cm³/mol. The zero-order valence-electron chi connectivity index (χ0n) is 24.1. The summed E-state index contributed by atoms with van der Waals surface area (Å²) < 4.78 is 6.36. The maximum Gasteiger partial charge on any atom is 0.164 e. The molecule has 0 bridgehead atoms. The first-order valence-corrected chi connectivity index (χ1v) is 14.9. The first-order chi connectivity index (χ1) is 22.3. The Kier molecular flexibility index (Phi) is 5.74. The minimum Gasteiger partial charge on any atom is -0.456 e. The summed E-state index contributed by atoms with van der Waals surface area (Å²) in [6, 6.07) is 45.6. The van der Waals surface area contributed by atoms with Crippen LogP contribution in [-0.4, -0.2) is 19.9 Å². The van der Waals surface area contributed by atoms with Crippen LogP contribution in [0.15, 0.2) is 150 Å². The van der Waals surface area contributed by atoms with Crippen LogP contribution in [0.5, 0.6) is 0 Å². The highest BCUT2D eigenvalue weighted by molar-refractivity contribution is 6.17. The van der Waals surface area contributed by atoms with Crippen molar-refractivity contribution in [3.8, 4) is 45.3 Å². The van der Waals surface area contributed by atoms with Crippen LogP contribution in [0.2, 0.25) is 0 Å². The lowest BCUT2D eigenvalue weighted by atomic mass is 9.93. The molecule has 9 rings (SSSR count). The van der Waals surface area contributed by atoms with Crippen molar-refractivity contribution in [2.75, 3.05) is 0 Å². The van der Waals surface area contributed by atoms with Gasteiger partial charge in [0.25, 0.3) is 0 Å². The maximum atomic E-state index is 6.36. The molecule has 0 aliphatic rings. The molecule has 0 aliphatic carbocycles. The lowest BCUT2D eigenvalue weighted by molar-refractivity contribution is 0.669. The minimum absolute atomic E-state index is 0.638. The van der Waals surface area contributed by atoms with Crippen molar-refractivity contribution in [2.24, 2.45) is 0 Å². The molecule has 0 fully saturated rings. The van der Waals surface area contributed by atoms with E-state index in [0.29, 0.717) is 17.5 Å². The Morgan fingerprint density at radius 1 is 0.422 bits per heavy atom. The summed E-state index contributed by atoms with van der Waals surface area (Å²) >= 11 is 0. The van der Waals surface area contributed by atoms with Gasteiger partial charge in [-0.15, -0.1) is 0 Å². The Balaban J connectivity index is 1.22. The van der Waals surface area contributed by atoms with Crippen molar-refractivity contribution in [3.63, 3.8) is 0 Å². The normalized spacial score (nSPS) is 11.6. The fraction of sp³-hybridized carbons (Fsp3) is 0. The second kappa shape index (κ2) is 10.2. The maximum absolute atomic E-state index is 6.36. The minimum atomic E-state index is 0.638. The highest BCUT2D eigenvalue weighted by atomic mass is 16.3. The number of hydrogen-bond acceptors (Lipinski definition) is 5. The van der Waals surface area contributed by atoms with Crippen LogP contribution >= 0.6 is 0 Å². The van der Waals surface area contributed by atoms with Crippen LogP contribution in [0.4, 0.5) is 0 Å². The lowest BCUT2D eigenvalue weighted by Gasteiger charge is -2.11. The summed E-state index contributed by atoms with van der Waals surface area (Å²) in [6.45, 7) is 0. The molecule has 6 aromatic carbocycles. The van der Waals surface area contributed by atoms with Gasteiger partial charge in [0.15, 0.2) is 17.5 Å². The Bertz CT molecular complexity index is 2480. The van der Waals surface area contributed by atoms with Crippen molar-refractivity contribution >= 4 is 43.5 Å². The summed E-state index contributed by atoms with van der Waals surface area (Å²) in [6.07, 6.45) is 3.71. The van der Waals surface area contributed by atoms with Crippen LogP contribution in [0.1, 0.15) is 0 Å². The van der Waals surface area contributed by atoms with Gasteiger partial charge in [0.2, 0.25) is 0 Å². The Morgan fingerprint density at radius 2 is 1.11 bits per heavy atom. The monoisotopic (exact) mass is 576 g/mol. The van der Waals surface area contributed by atoms with E-state index in [0.717, 1.165) is 71.3 Å². The zero-order valence-corrected chi connectivity index (χ0v) is 24.1. The largest absolute Gasteiger partial charge is 0.456 e. The number of furan rings is 1. The quantitative estimate of drug-likeness (QED) is 0.209. The van der Waals surface area contributed by atoms with Gasteiger partial charge in [-0.1, -0.05) is 103 Å². The second-order valence-corrected chi connectivity index (χ2v) is 11.1. The number of hydrogen-bond donors (Lipinski definition) is 0. The first kappa shape index (κ1) is 25.3. The van der Waals surface area contributed by atoms with E-state index in [2.05, 4.69) is 65.6 Å². The van der Waals surface area contributed by atoms with Gasteiger partial charge < -0.3 is 4.42 Å². The average Bonchev–Trinajstić information content (AvgIpc) is 3.48. The molecule has 45 heavy (non-hydrogen) atoms. The molecule has 9 aromatic rings. The van der Waals surface area contributed by atoms with E-state index in [4.69, 9.17) is 19.4 Å². The van der Waals surface area contributed by atoms with E-state index >= 15 is 0 Å². The van der Waals surface area contributed by atoms with Crippen LogP contribution in [0.3, 0.4) is 0 Å². The third-order valence-corrected chi connectivity index (χ3v) is 8.38. The Hall–Kier alpha value is -6.20. The van der Waals surface area contributed by atoms with Crippen molar-refractivity contribution in [1.29, 1.82) is 0 Å². The number of pyridine rings is 1. The fourth-order valence-electron chi connectivity index (χ4n) is 6.23. The van der Waals surface area contributed by atoms with Crippen molar-refractivity contribution < 1.29 is 4.42 Å². The van der Waals surface area contributed by atoms with Gasteiger partial charge >= 0.3 is 0 Å². The SMILES string of the molecule is c1ccc(-c2nc(-c3ccccc3)nc(-c3ccc4c(-c5cccc6oc7cc8cnccc8cc7c56)cccc4c3)n2)cc1. The van der Waals surface area contributed by atoms with Gasteiger partial charge in [-0.25, -0.2) is 15.0 Å². The van der Waals surface area contributed by atoms with Crippen LogP contribution in [-0.2, 0) is 0 Å². The van der Waals surface area contributed by atoms with Crippen LogP contribution < -0.4 is 0 Å². The number of fused-ring (bicyclic) bond motifs is 5. The molecule has 3 aromatic heterocycles. The van der Waals surface area contributed by atoms with Gasteiger partial charge in [-0.2, -0.15) is 0 Å². The average molecular weight is 577 g/mol. The van der Waals surface area contributed by atoms with Gasteiger partial charge in [-0.05, 0) is 57.6 Å². The number of rotatable bonds is 4. The van der Waals surface area contributed by atoms with Crippen molar-refractivity contribution in [3.05, 3.63) is 146 Å². The van der Waals surface area contributed by atoms with E-state index in [1.165, 1.54) is 0 Å². The zero-order chi connectivity index (χ0) is 29.7. The molecule has 0 atom stereocenters. The lowest BCUT2D eigenvalue weighted by Crippen LogP contribution is -2.00. The molecule has 0 aliphatic heterocycles. The Labute approximate surface area is 258 Å². The summed E-state index contributed by atoms with van der Waals surface area (Å²) in [5.41, 5.74) is 6.84. The summed E-state index contributed by atoms with van der Waals surface area (Å²) in [4.78, 5) is 19.0. The fourth-order valence-corrected chi connectivity index (χ4v) is 6.23. The molecule has 0 spiro atoms. The van der Waals surface area contributed by atoms with E-state index < -0.39 is 0 Å². The third-order valence-electron chi connectivity index (χ3n) is 8.38. The first-order valence-electron chi connectivity index (χ1n) is 14.9. The van der Waals surface area contributed by atoms with Gasteiger partial charge in [0.05, 0.1) is 0 Å². The van der Waals surface area contributed by atoms with E-state index in [1.54, 1.807) is 0 Å². The van der Waals surface area contributed by atoms with E-state index in [1.807, 2.05) is 85.2 Å². The molecule has 210 valence electrons. The van der Waals surface area contributed by atoms with Gasteiger partial charge in [-0.3, -0.25) is 4.98 Å². The topological polar surface area (TPSA) is 64.7 Å². The predicted octanol–water partition coefficient (Wildman–Crippen LogP) is 10.1. The standard InChI is InChI=1S/C40H24N4O/c1-3-9-25(10-4-1)38-42-39(26-11-5-2-6-12-26)44-40(43-38)29-17-18-31-28(21-29)13-7-14-32(31)33-15-8-16-35-37(33)34-22-27-19-20-41-24-30(27)23-36(34)45-35/h1-24H. The molecule has 0 unspecified atom stereocenters. The summed E-state index contributed by atoms with van der Waals surface area (Å²) in [7, 11) is 0. The van der Waals surface area contributed by atoms with E-state index in [9.17, 15) is 0 Å². The van der Waals surface area contributed by atoms with Crippen LogP contribution in [0.25, 0.3) is 88.8 Å². The second-order valence-electron chi connectivity index (χ2n) is 11.1. The molecule has 0 amide bonds. The number of nitrogens with zero attached hydrogens (tertiary/aromatic N) is 4. The Morgan fingerprint density at radius 3 is 1.87 bits per heavy atom.